The summed E-state index contributed by atoms with van der Waals surface area (Å²) < 4.78 is 34.5. The van der Waals surface area contributed by atoms with Gasteiger partial charge in [0.05, 0.1) is 12.6 Å². The summed E-state index contributed by atoms with van der Waals surface area (Å²) in [5, 5.41) is 10.8. The highest BCUT2D eigenvalue weighted by atomic mass is 32.2. The summed E-state index contributed by atoms with van der Waals surface area (Å²) in [6.45, 7) is 2.67. The summed E-state index contributed by atoms with van der Waals surface area (Å²) in [6, 6.07) is 14.1. The van der Waals surface area contributed by atoms with E-state index in [4.69, 9.17) is 4.74 Å². The zero-order valence-corrected chi connectivity index (χ0v) is 20.3. The number of hydrogen-bond acceptors (Lipinski definition) is 5. The van der Waals surface area contributed by atoms with Gasteiger partial charge in [0.15, 0.2) is 0 Å². The maximum atomic E-state index is 15.3. The van der Waals surface area contributed by atoms with Crippen LogP contribution in [-0.4, -0.2) is 54.1 Å². The minimum atomic E-state index is -1.09. The van der Waals surface area contributed by atoms with Gasteiger partial charge in [0.1, 0.15) is 17.7 Å². The van der Waals surface area contributed by atoms with Crippen LogP contribution < -0.4 is 4.74 Å². The Balaban J connectivity index is 1.30. The standard InChI is InChI=1S/C27H32F2N2O2S/c1-33-21-7-9-26-23(16-21)22(10-12-30-26)24(28)8-6-19-11-13-31(17-20(19)18-32)14-15-34-27-5-3-2-4-25(27)29/h2-5,7,9-10,12,16,19-20,24,32H,6,8,11,13-15,17-18H2,1H3/t19-,20-,24?/m1/s1. The van der Waals surface area contributed by atoms with Crippen molar-refractivity contribution in [2.45, 2.75) is 30.3 Å². The Bertz CT molecular complexity index is 1080. The van der Waals surface area contributed by atoms with E-state index >= 15 is 4.39 Å². The molecule has 3 atom stereocenters. The molecule has 3 aromatic rings. The van der Waals surface area contributed by atoms with Gasteiger partial charge in [-0.3, -0.25) is 4.98 Å². The van der Waals surface area contributed by atoms with Crippen LogP contribution in [0, 0.1) is 17.7 Å². The quantitative estimate of drug-likeness (QED) is 0.362. The van der Waals surface area contributed by atoms with Gasteiger partial charge in [0.2, 0.25) is 0 Å². The molecule has 1 unspecified atom stereocenters. The summed E-state index contributed by atoms with van der Waals surface area (Å²) in [6.07, 6.45) is 2.66. The number of fused-ring (bicyclic) bond motifs is 1. The minimum Gasteiger partial charge on any atom is -0.497 e. The number of pyridine rings is 1. The number of hydrogen-bond donors (Lipinski definition) is 1. The molecule has 0 amide bonds. The van der Waals surface area contributed by atoms with Gasteiger partial charge in [-0.2, -0.15) is 0 Å². The third-order valence-corrected chi connectivity index (χ3v) is 7.85. The first-order valence-electron chi connectivity index (χ1n) is 11.9. The zero-order valence-electron chi connectivity index (χ0n) is 19.5. The number of halogens is 2. The topological polar surface area (TPSA) is 45.6 Å². The molecule has 2 aromatic carbocycles. The summed E-state index contributed by atoms with van der Waals surface area (Å²) in [4.78, 5) is 7.36. The van der Waals surface area contributed by atoms with Crippen LogP contribution in [0.4, 0.5) is 8.78 Å². The maximum absolute atomic E-state index is 15.3. The van der Waals surface area contributed by atoms with Crippen LogP contribution in [0.5, 0.6) is 5.75 Å². The number of methoxy groups -OCH3 is 1. The smallest absolute Gasteiger partial charge is 0.136 e. The van der Waals surface area contributed by atoms with E-state index in [1.807, 2.05) is 24.3 Å². The molecular weight excluding hydrogens is 454 g/mol. The molecule has 1 aliphatic heterocycles. The van der Waals surface area contributed by atoms with E-state index in [1.165, 1.54) is 17.8 Å². The van der Waals surface area contributed by atoms with Crippen molar-refractivity contribution in [2.24, 2.45) is 11.8 Å². The number of likely N-dealkylation sites (tertiary alicyclic amines) is 1. The number of aromatic nitrogens is 1. The fraction of sp³-hybridized carbons (Fsp3) is 0.444. The number of piperidine rings is 1. The number of nitrogens with zero attached hydrogens (tertiary/aromatic N) is 2. The van der Waals surface area contributed by atoms with Crippen LogP contribution in [0.1, 0.15) is 31.0 Å². The predicted octanol–water partition coefficient (Wildman–Crippen LogP) is 5.90. The van der Waals surface area contributed by atoms with E-state index in [0.717, 1.165) is 49.1 Å². The summed E-state index contributed by atoms with van der Waals surface area (Å²) in [5.41, 5.74) is 1.41. The Hall–Kier alpha value is -2.22. The molecule has 1 aliphatic rings. The van der Waals surface area contributed by atoms with E-state index in [2.05, 4.69) is 9.88 Å². The molecule has 4 rings (SSSR count). The molecular formula is C27H32F2N2O2S. The van der Waals surface area contributed by atoms with Gasteiger partial charge in [-0.1, -0.05) is 12.1 Å². The molecule has 1 aromatic heterocycles. The maximum Gasteiger partial charge on any atom is 0.136 e. The number of benzene rings is 2. The monoisotopic (exact) mass is 486 g/mol. The highest BCUT2D eigenvalue weighted by Gasteiger charge is 2.29. The van der Waals surface area contributed by atoms with E-state index in [1.54, 1.807) is 31.5 Å². The molecule has 34 heavy (non-hydrogen) atoms. The molecule has 1 N–H and O–H groups in total. The molecule has 0 saturated carbocycles. The van der Waals surface area contributed by atoms with Crippen molar-refractivity contribution >= 4 is 22.7 Å². The number of alkyl halides is 1. The minimum absolute atomic E-state index is 0.105. The predicted molar refractivity (Wildman–Crippen MR) is 134 cm³/mol. The average Bonchev–Trinajstić information content (AvgIpc) is 2.88. The molecule has 1 fully saturated rings. The number of ether oxygens (including phenoxy) is 1. The fourth-order valence-electron chi connectivity index (χ4n) is 4.86. The summed E-state index contributed by atoms with van der Waals surface area (Å²) in [7, 11) is 1.60. The van der Waals surface area contributed by atoms with Crippen molar-refractivity contribution in [1.29, 1.82) is 0 Å². The SMILES string of the molecule is COc1ccc2nccc(C(F)CC[C@@H]3CCN(CCSc4ccccc4F)C[C@@H]3CO)c2c1. The van der Waals surface area contributed by atoms with E-state index in [0.29, 0.717) is 28.5 Å². The number of aliphatic hydroxyl groups excluding tert-OH is 1. The molecule has 4 nitrogen and oxygen atoms in total. The van der Waals surface area contributed by atoms with Crippen LogP contribution >= 0.6 is 11.8 Å². The van der Waals surface area contributed by atoms with Crippen LogP contribution in [0.3, 0.4) is 0 Å². The van der Waals surface area contributed by atoms with Crippen LogP contribution in [0.15, 0.2) is 59.6 Å². The fourth-order valence-corrected chi connectivity index (χ4v) is 5.81. The highest BCUT2D eigenvalue weighted by molar-refractivity contribution is 7.99. The second-order valence-corrected chi connectivity index (χ2v) is 10.0. The first-order valence-corrected chi connectivity index (χ1v) is 12.8. The second kappa shape index (κ2) is 12.0. The molecule has 0 spiro atoms. The Morgan fingerprint density at radius 3 is 2.85 bits per heavy atom. The van der Waals surface area contributed by atoms with Crippen molar-refractivity contribution in [3.05, 3.63) is 66.1 Å². The Morgan fingerprint density at radius 1 is 1.21 bits per heavy atom. The van der Waals surface area contributed by atoms with Gasteiger partial charge < -0.3 is 14.7 Å². The molecule has 0 bridgehead atoms. The third kappa shape index (κ3) is 6.06. The van der Waals surface area contributed by atoms with Gasteiger partial charge in [0, 0.05) is 41.9 Å². The average molecular weight is 487 g/mol. The van der Waals surface area contributed by atoms with Gasteiger partial charge in [-0.05, 0) is 79.6 Å². The molecule has 0 radical (unpaired) electrons. The van der Waals surface area contributed by atoms with Gasteiger partial charge >= 0.3 is 0 Å². The summed E-state index contributed by atoms with van der Waals surface area (Å²) >= 11 is 1.52. The molecule has 182 valence electrons. The number of aliphatic hydroxyl groups is 1. The molecule has 7 heteroatoms. The van der Waals surface area contributed by atoms with Gasteiger partial charge in [0.25, 0.3) is 0 Å². The lowest BCUT2D eigenvalue weighted by molar-refractivity contribution is 0.0672. The Kier molecular flexibility index (Phi) is 8.75. The van der Waals surface area contributed by atoms with E-state index in [9.17, 15) is 9.50 Å². The van der Waals surface area contributed by atoms with Crippen molar-refractivity contribution in [1.82, 2.24) is 9.88 Å². The number of thioether (sulfide) groups is 1. The van der Waals surface area contributed by atoms with Crippen LogP contribution in [0.25, 0.3) is 10.9 Å². The van der Waals surface area contributed by atoms with Gasteiger partial charge in [-0.15, -0.1) is 11.8 Å². The third-order valence-electron chi connectivity index (χ3n) is 6.82. The lowest BCUT2D eigenvalue weighted by Gasteiger charge is -2.38. The van der Waals surface area contributed by atoms with Crippen LogP contribution in [0.2, 0.25) is 0 Å². The van der Waals surface area contributed by atoms with Gasteiger partial charge in [-0.25, -0.2) is 8.78 Å². The molecule has 1 saturated heterocycles. The molecule has 2 heterocycles. The molecule has 0 aliphatic carbocycles. The first kappa shape index (κ1) is 24.9. The Labute approximate surface area is 204 Å². The zero-order chi connectivity index (χ0) is 23.9. The summed E-state index contributed by atoms with van der Waals surface area (Å²) in [5.74, 6) is 1.74. The van der Waals surface area contributed by atoms with Crippen LogP contribution in [-0.2, 0) is 0 Å². The van der Waals surface area contributed by atoms with Crippen molar-refractivity contribution in [2.75, 3.05) is 39.1 Å². The van der Waals surface area contributed by atoms with E-state index < -0.39 is 6.17 Å². The van der Waals surface area contributed by atoms with Crippen molar-refractivity contribution < 1.29 is 18.6 Å². The Morgan fingerprint density at radius 2 is 2.06 bits per heavy atom. The van der Waals surface area contributed by atoms with Crippen molar-refractivity contribution in [3.8, 4) is 5.75 Å². The van der Waals surface area contributed by atoms with Crippen molar-refractivity contribution in [3.63, 3.8) is 0 Å². The lowest BCUT2D eigenvalue weighted by atomic mass is 9.81. The van der Waals surface area contributed by atoms with E-state index in [-0.39, 0.29) is 18.3 Å². The highest BCUT2D eigenvalue weighted by Crippen LogP contribution is 2.35. The second-order valence-electron chi connectivity index (χ2n) is 8.90. The largest absolute Gasteiger partial charge is 0.497 e. The lowest BCUT2D eigenvalue weighted by Crippen LogP contribution is -2.43. The number of rotatable bonds is 10. The normalized spacial score (nSPS) is 19.9. The first-order chi connectivity index (χ1) is 16.6.